The first kappa shape index (κ1) is 15.2. The molecule has 0 saturated carbocycles. The second-order valence-electron chi connectivity index (χ2n) is 4.40. The molecule has 2 aromatic rings. The molecule has 0 spiro atoms. The smallest absolute Gasteiger partial charge is 0.271 e. The Balaban J connectivity index is 2.33. The zero-order valence-corrected chi connectivity index (χ0v) is 12.9. The van der Waals surface area contributed by atoms with Crippen molar-refractivity contribution in [2.45, 2.75) is 13.3 Å². The lowest BCUT2D eigenvalue weighted by Crippen LogP contribution is -1.91. The summed E-state index contributed by atoms with van der Waals surface area (Å²) in [7, 11) is 0. The Hall–Kier alpha value is -2.21. The Kier molecular flexibility index (Phi) is 4.70. The Morgan fingerprint density at radius 1 is 1.33 bits per heavy atom. The first-order valence-electron chi connectivity index (χ1n) is 6.31. The van der Waals surface area contributed by atoms with Crippen LogP contribution in [0.2, 0.25) is 0 Å². The molecule has 0 heterocycles. The number of aliphatic imine (C=N–C) groups is 1. The Morgan fingerprint density at radius 3 is 2.57 bits per heavy atom. The monoisotopic (exact) mass is 348 g/mol. The van der Waals surface area contributed by atoms with Gasteiger partial charge in [0.05, 0.1) is 15.1 Å². The number of non-ortho nitro benzene ring substituents is 1. The maximum atomic E-state index is 10.8. The van der Waals surface area contributed by atoms with Crippen molar-refractivity contribution in [2.75, 3.05) is 0 Å². The lowest BCUT2D eigenvalue weighted by molar-refractivity contribution is -0.385. The minimum Gasteiger partial charge on any atom is -0.506 e. The summed E-state index contributed by atoms with van der Waals surface area (Å²) in [5, 5.41) is 20.7. The van der Waals surface area contributed by atoms with E-state index in [-0.39, 0.29) is 21.5 Å². The summed E-state index contributed by atoms with van der Waals surface area (Å²) in [5.74, 6) is -0.0745. The van der Waals surface area contributed by atoms with E-state index in [1.807, 2.05) is 24.3 Å². The van der Waals surface area contributed by atoms with E-state index in [0.717, 1.165) is 6.42 Å². The van der Waals surface area contributed by atoms with Crippen molar-refractivity contribution < 1.29 is 10.0 Å². The van der Waals surface area contributed by atoms with Gasteiger partial charge in [0.25, 0.3) is 5.69 Å². The number of aryl methyl sites for hydroxylation is 1. The van der Waals surface area contributed by atoms with Gasteiger partial charge < -0.3 is 5.11 Å². The Labute approximate surface area is 130 Å². The number of hydrogen-bond donors (Lipinski definition) is 1. The number of nitro benzene ring substituents is 1. The lowest BCUT2D eigenvalue weighted by atomic mass is 10.1. The van der Waals surface area contributed by atoms with Crippen molar-refractivity contribution in [1.29, 1.82) is 0 Å². The number of hydrogen-bond acceptors (Lipinski definition) is 4. The van der Waals surface area contributed by atoms with Crippen LogP contribution in [0.15, 0.2) is 45.9 Å². The van der Waals surface area contributed by atoms with Gasteiger partial charge in [-0.25, -0.2) is 0 Å². The minimum absolute atomic E-state index is 0.0745. The number of benzene rings is 2. The van der Waals surface area contributed by atoms with Crippen LogP contribution in [0.25, 0.3) is 0 Å². The molecular weight excluding hydrogens is 336 g/mol. The van der Waals surface area contributed by atoms with Gasteiger partial charge in [-0.3, -0.25) is 15.1 Å². The van der Waals surface area contributed by atoms with Crippen LogP contribution in [-0.2, 0) is 6.42 Å². The van der Waals surface area contributed by atoms with Gasteiger partial charge >= 0.3 is 0 Å². The lowest BCUT2D eigenvalue weighted by Gasteiger charge is -2.02. The largest absolute Gasteiger partial charge is 0.506 e. The standard InChI is InChI=1S/C15H13BrN2O3/c1-2-10-3-5-12(6-4-10)17-9-11-7-13(18(20)21)8-14(16)15(11)19/h3-9,19H,2H2,1H3. The maximum Gasteiger partial charge on any atom is 0.271 e. The number of halogens is 1. The second kappa shape index (κ2) is 6.49. The molecule has 2 aromatic carbocycles. The summed E-state index contributed by atoms with van der Waals surface area (Å²) in [4.78, 5) is 14.5. The van der Waals surface area contributed by atoms with Crippen LogP contribution in [0.4, 0.5) is 11.4 Å². The Morgan fingerprint density at radius 2 is 2.00 bits per heavy atom. The molecule has 0 aliphatic carbocycles. The van der Waals surface area contributed by atoms with Crippen molar-refractivity contribution in [3.63, 3.8) is 0 Å². The predicted octanol–water partition coefficient (Wildman–Crippen LogP) is 4.38. The molecule has 0 aromatic heterocycles. The quantitative estimate of drug-likeness (QED) is 0.506. The number of nitrogens with zero attached hydrogens (tertiary/aromatic N) is 2. The Bertz CT molecular complexity index is 697. The first-order valence-corrected chi connectivity index (χ1v) is 7.10. The molecule has 6 heteroatoms. The van der Waals surface area contributed by atoms with Crippen LogP contribution < -0.4 is 0 Å². The summed E-state index contributed by atoms with van der Waals surface area (Å²) in [6, 6.07) is 10.2. The molecule has 0 aliphatic rings. The number of phenolic OH excluding ortho intramolecular Hbond substituents is 1. The van der Waals surface area contributed by atoms with E-state index >= 15 is 0 Å². The molecule has 0 bridgehead atoms. The molecule has 108 valence electrons. The molecule has 0 unspecified atom stereocenters. The highest BCUT2D eigenvalue weighted by Gasteiger charge is 2.13. The van der Waals surface area contributed by atoms with Crippen LogP contribution in [0.1, 0.15) is 18.1 Å². The summed E-state index contributed by atoms with van der Waals surface area (Å²) >= 11 is 3.09. The molecule has 0 atom stereocenters. The normalized spacial score (nSPS) is 11.0. The first-order chi connectivity index (χ1) is 10.0. The van der Waals surface area contributed by atoms with Crippen molar-refractivity contribution in [1.82, 2.24) is 0 Å². The number of aromatic hydroxyl groups is 1. The number of phenols is 1. The molecule has 21 heavy (non-hydrogen) atoms. The molecule has 0 saturated heterocycles. The van der Waals surface area contributed by atoms with E-state index in [9.17, 15) is 15.2 Å². The summed E-state index contributed by atoms with van der Waals surface area (Å²) in [6.45, 7) is 2.07. The molecule has 0 amide bonds. The third kappa shape index (κ3) is 3.66. The molecule has 0 fully saturated rings. The van der Waals surface area contributed by atoms with Gasteiger partial charge in [0.15, 0.2) is 0 Å². The van der Waals surface area contributed by atoms with Gasteiger partial charge in [0, 0.05) is 23.9 Å². The van der Waals surface area contributed by atoms with E-state index in [2.05, 4.69) is 27.8 Å². The fourth-order valence-electron chi connectivity index (χ4n) is 1.77. The van der Waals surface area contributed by atoms with Gasteiger partial charge in [-0.1, -0.05) is 19.1 Å². The van der Waals surface area contributed by atoms with Crippen molar-refractivity contribution >= 4 is 33.5 Å². The van der Waals surface area contributed by atoms with Crippen molar-refractivity contribution in [2.24, 2.45) is 4.99 Å². The highest BCUT2D eigenvalue weighted by Crippen LogP contribution is 2.31. The van der Waals surface area contributed by atoms with Gasteiger partial charge in [-0.2, -0.15) is 0 Å². The third-order valence-corrected chi connectivity index (χ3v) is 3.59. The zero-order valence-electron chi connectivity index (χ0n) is 11.3. The molecule has 1 N–H and O–H groups in total. The van der Waals surface area contributed by atoms with Crippen molar-refractivity contribution in [3.8, 4) is 5.75 Å². The topological polar surface area (TPSA) is 75.7 Å². The van der Waals surface area contributed by atoms with E-state index in [1.165, 1.54) is 23.9 Å². The average molecular weight is 349 g/mol. The number of nitro groups is 1. The molecule has 0 aliphatic heterocycles. The summed E-state index contributed by atoms with van der Waals surface area (Å²) in [6.07, 6.45) is 2.36. The van der Waals surface area contributed by atoms with E-state index in [1.54, 1.807) is 0 Å². The minimum atomic E-state index is -0.516. The molecule has 2 rings (SSSR count). The highest BCUT2D eigenvalue weighted by molar-refractivity contribution is 9.10. The van der Waals surface area contributed by atoms with Crippen LogP contribution in [0.3, 0.4) is 0 Å². The zero-order chi connectivity index (χ0) is 15.4. The average Bonchev–Trinajstić information content (AvgIpc) is 2.49. The SMILES string of the molecule is CCc1ccc(N=Cc2cc([N+](=O)[O-])cc(Br)c2O)cc1. The van der Waals surface area contributed by atoms with E-state index < -0.39 is 4.92 Å². The molecule has 5 nitrogen and oxygen atoms in total. The molecule has 0 radical (unpaired) electrons. The second-order valence-corrected chi connectivity index (χ2v) is 5.26. The van der Waals surface area contributed by atoms with Gasteiger partial charge in [0.2, 0.25) is 0 Å². The fourth-order valence-corrected chi connectivity index (χ4v) is 2.23. The molecular formula is C15H13BrN2O3. The number of rotatable bonds is 4. The van der Waals surface area contributed by atoms with E-state index in [0.29, 0.717) is 5.69 Å². The third-order valence-electron chi connectivity index (χ3n) is 2.99. The summed E-state index contributed by atoms with van der Waals surface area (Å²) < 4.78 is 0.263. The van der Waals surface area contributed by atoms with Crippen LogP contribution >= 0.6 is 15.9 Å². The van der Waals surface area contributed by atoms with Crippen molar-refractivity contribution in [3.05, 3.63) is 62.1 Å². The van der Waals surface area contributed by atoms with Gasteiger partial charge in [-0.15, -0.1) is 0 Å². The van der Waals surface area contributed by atoms with Crippen LogP contribution in [-0.4, -0.2) is 16.2 Å². The predicted molar refractivity (Wildman–Crippen MR) is 85.5 cm³/mol. The highest BCUT2D eigenvalue weighted by atomic mass is 79.9. The van der Waals surface area contributed by atoms with Crippen LogP contribution in [0, 0.1) is 10.1 Å². The summed E-state index contributed by atoms with van der Waals surface area (Å²) in [5.41, 5.74) is 2.10. The van der Waals surface area contributed by atoms with Gasteiger partial charge in [0.1, 0.15) is 5.75 Å². The van der Waals surface area contributed by atoms with Gasteiger partial charge in [-0.05, 0) is 40.0 Å². The maximum absolute atomic E-state index is 10.8. The van der Waals surface area contributed by atoms with E-state index in [4.69, 9.17) is 0 Å². The fraction of sp³-hybridized carbons (Fsp3) is 0.133. The van der Waals surface area contributed by atoms with Crippen LogP contribution in [0.5, 0.6) is 5.75 Å².